The highest BCUT2D eigenvalue weighted by molar-refractivity contribution is 5.96. The number of hydrogen-bond acceptors (Lipinski definition) is 2. The summed E-state index contributed by atoms with van der Waals surface area (Å²) >= 11 is 0. The second kappa shape index (κ2) is 5.53. The van der Waals surface area contributed by atoms with E-state index in [-0.39, 0.29) is 11.4 Å². The zero-order chi connectivity index (χ0) is 13.0. The molecule has 1 saturated carbocycles. The highest BCUT2D eigenvalue weighted by atomic mass is 16.1. The van der Waals surface area contributed by atoms with Crippen LogP contribution >= 0.6 is 0 Å². The Morgan fingerprint density at radius 2 is 2.00 bits per heavy atom. The maximum absolute atomic E-state index is 12.3. The fourth-order valence-corrected chi connectivity index (χ4v) is 2.74. The third kappa shape index (κ3) is 2.91. The Morgan fingerprint density at radius 3 is 2.67 bits per heavy atom. The number of amides is 1. The molecule has 0 bridgehead atoms. The number of hydrogen-bond donors (Lipinski definition) is 2. The molecule has 18 heavy (non-hydrogen) atoms. The zero-order valence-electron chi connectivity index (χ0n) is 11.0. The number of nitrogens with one attached hydrogen (secondary N) is 1. The van der Waals surface area contributed by atoms with E-state index in [2.05, 4.69) is 12.2 Å². The molecule has 0 aliphatic heterocycles. The van der Waals surface area contributed by atoms with Crippen LogP contribution in [0.3, 0.4) is 0 Å². The fraction of sp³-hybridized carbons (Fsp3) is 0.533. The molecular formula is C15H22N2O. The Kier molecular flexibility index (Phi) is 4.02. The average molecular weight is 246 g/mol. The van der Waals surface area contributed by atoms with Crippen molar-refractivity contribution in [1.82, 2.24) is 5.32 Å². The lowest BCUT2D eigenvalue weighted by atomic mass is 9.98. The molecule has 0 radical (unpaired) electrons. The Hall–Kier alpha value is -1.35. The Bertz CT molecular complexity index is 422. The van der Waals surface area contributed by atoms with Crippen LogP contribution in [0.25, 0.3) is 0 Å². The molecule has 2 rings (SSSR count). The minimum atomic E-state index is -0.0209. The minimum Gasteiger partial charge on any atom is -0.347 e. The van der Waals surface area contributed by atoms with Gasteiger partial charge in [0.05, 0.1) is 0 Å². The second-order valence-electron chi connectivity index (χ2n) is 5.42. The Morgan fingerprint density at radius 1 is 1.33 bits per heavy atom. The molecule has 3 nitrogen and oxygen atoms in total. The summed E-state index contributed by atoms with van der Waals surface area (Å²) in [5.74, 6) is 0.0449. The molecule has 0 atom stereocenters. The first-order valence-corrected chi connectivity index (χ1v) is 6.75. The van der Waals surface area contributed by atoms with Crippen LogP contribution in [0.5, 0.6) is 0 Å². The summed E-state index contributed by atoms with van der Waals surface area (Å²) in [6, 6.07) is 7.74. The van der Waals surface area contributed by atoms with Crippen molar-refractivity contribution < 1.29 is 4.79 Å². The molecule has 0 unspecified atom stereocenters. The van der Waals surface area contributed by atoms with E-state index in [4.69, 9.17) is 5.73 Å². The molecule has 3 heteroatoms. The highest BCUT2D eigenvalue weighted by Crippen LogP contribution is 2.29. The molecule has 1 aromatic rings. The smallest absolute Gasteiger partial charge is 0.251 e. The predicted octanol–water partition coefficient (Wildman–Crippen LogP) is 2.25. The van der Waals surface area contributed by atoms with Gasteiger partial charge in [-0.25, -0.2) is 0 Å². The van der Waals surface area contributed by atoms with Gasteiger partial charge in [0.15, 0.2) is 0 Å². The van der Waals surface area contributed by atoms with Crippen LogP contribution in [0.1, 0.15) is 48.5 Å². The summed E-state index contributed by atoms with van der Waals surface area (Å²) in [6.07, 6.45) is 5.33. The first-order chi connectivity index (χ1) is 8.64. The van der Waals surface area contributed by atoms with Crippen molar-refractivity contribution in [3.8, 4) is 0 Å². The molecule has 3 N–H and O–H groups in total. The predicted molar refractivity (Wildman–Crippen MR) is 73.5 cm³/mol. The van der Waals surface area contributed by atoms with E-state index < -0.39 is 0 Å². The van der Waals surface area contributed by atoms with Gasteiger partial charge in [-0.2, -0.15) is 0 Å². The molecule has 1 aromatic carbocycles. The van der Waals surface area contributed by atoms with Crippen molar-refractivity contribution in [3.63, 3.8) is 0 Å². The highest BCUT2D eigenvalue weighted by Gasteiger charge is 2.30. The van der Waals surface area contributed by atoms with E-state index >= 15 is 0 Å². The molecular weight excluding hydrogens is 224 g/mol. The number of carbonyl (C=O) groups is 1. The molecule has 1 amide bonds. The Labute approximate surface area is 109 Å². The Balaban J connectivity index is 2.13. The normalized spacial score (nSPS) is 17.7. The van der Waals surface area contributed by atoms with Crippen molar-refractivity contribution in [3.05, 3.63) is 35.4 Å². The number of nitrogens with two attached hydrogens (primary N) is 1. The van der Waals surface area contributed by atoms with E-state index in [1.54, 1.807) is 0 Å². The maximum atomic E-state index is 12.3. The molecule has 0 heterocycles. The zero-order valence-corrected chi connectivity index (χ0v) is 11.0. The number of benzene rings is 1. The minimum absolute atomic E-state index is 0.0209. The van der Waals surface area contributed by atoms with Gasteiger partial charge >= 0.3 is 0 Å². The van der Waals surface area contributed by atoms with Crippen LogP contribution in [0.2, 0.25) is 0 Å². The molecule has 1 fully saturated rings. The standard InChI is InChI=1S/C15H22N2O/c1-15(9-4-5-10-15)17-14(18)13-7-3-2-6-12(13)8-11-16/h2-3,6-7H,4-5,8-11,16H2,1H3,(H,17,18). The SMILES string of the molecule is CC1(NC(=O)c2ccccc2CCN)CCCC1. The monoisotopic (exact) mass is 246 g/mol. The van der Waals surface area contributed by atoms with Gasteiger partial charge in [0, 0.05) is 11.1 Å². The van der Waals surface area contributed by atoms with E-state index in [9.17, 15) is 4.79 Å². The topological polar surface area (TPSA) is 55.1 Å². The van der Waals surface area contributed by atoms with Crippen LogP contribution in [0, 0.1) is 0 Å². The van der Waals surface area contributed by atoms with Crippen molar-refractivity contribution in [1.29, 1.82) is 0 Å². The lowest BCUT2D eigenvalue weighted by Crippen LogP contribution is -2.43. The summed E-state index contributed by atoms with van der Waals surface area (Å²) < 4.78 is 0. The van der Waals surface area contributed by atoms with Crippen LogP contribution in [-0.4, -0.2) is 18.0 Å². The van der Waals surface area contributed by atoms with E-state index in [1.807, 2.05) is 24.3 Å². The summed E-state index contributed by atoms with van der Waals surface area (Å²) in [5, 5.41) is 3.19. The summed E-state index contributed by atoms with van der Waals surface area (Å²) in [5.41, 5.74) is 7.38. The van der Waals surface area contributed by atoms with Gasteiger partial charge in [-0.15, -0.1) is 0 Å². The van der Waals surface area contributed by atoms with Gasteiger partial charge < -0.3 is 11.1 Å². The number of carbonyl (C=O) groups excluding carboxylic acids is 1. The fourth-order valence-electron chi connectivity index (χ4n) is 2.74. The van der Waals surface area contributed by atoms with Gasteiger partial charge in [-0.1, -0.05) is 31.0 Å². The van der Waals surface area contributed by atoms with Gasteiger partial charge in [-0.05, 0) is 44.4 Å². The van der Waals surface area contributed by atoms with Crippen molar-refractivity contribution in [2.24, 2.45) is 5.73 Å². The summed E-state index contributed by atoms with van der Waals surface area (Å²) in [4.78, 5) is 12.3. The first kappa shape index (κ1) is 13.1. The van der Waals surface area contributed by atoms with E-state index in [0.29, 0.717) is 6.54 Å². The van der Waals surface area contributed by atoms with E-state index in [0.717, 1.165) is 30.4 Å². The molecule has 1 aliphatic rings. The lowest BCUT2D eigenvalue weighted by molar-refractivity contribution is 0.0907. The largest absolute Gasteiger partial charge is 0.347 e. The summed E-state index contributed by atoms with van der Waals surface area (Å²) in [6.45, 7) is 2.71. The third-order valence-corrected chi connectivity index (χ3v) is 3.80. The lowest BCUT2D eigenvalue weighted by Gasteiger charge is -2.25. The van der Waals surface area contributed by atoms with Crippen molar-refractivity contribution >= 4 is 5.91 Å². The molecule has 98 valence electrons. The van der Waals surface area contributed by atoms with E-state index in [1.165, 1.54) is 12.8 Å². The van der Waals surface area contributed by atoms with Crippen LogP contribution in [0.15, 0.2) is 24.3 Å². The second-order valence-corrected chi connectivity index (χ2v) is 5.42. The maximum Gasteiger partial charge on any atom is 0.251 e. The molecule has 0 aromatic heterocycles. The van der Waals surface area contributed by atoms with Crippen molar-refractivity contribution in [2.75, 3.05) is 6.54 Å². The first-order valence-electron chi connectivity index (χ1n) is 6.75. The quantitative estimate of drug-likeness (QED) is 0.856. The van der Waals surface area contributed by atoms with Gasteiger partial charge in [0.1, 0.15) is 0 Å². The number of rotatable bonds is 4. The third-order valence-electron chi connectivity index (χ3n) is 3.80. The average Bonchev–Trinajstić information content (AvgIpc) is 2.77. The van der Waals surface area contributed by atoms with Crippen LogP contribution in [-0.2, 0) is 6.42 Å². The van der Waals surface area contributed by atoms with Crippen LogP contribution in [0.4, 0.5) is 0 Å². The van der Waals surface area contributed by atoms with Gasteiger partial charge in [0.2, 0.25) is 0 Å². The molecule has 1 aliphatic carbocycles. The molecule has 0 saturated heterocycles. The van der Waals surface area contributed by atoms with Gasteiger partial charge in [0.25, 0.3) is 5.91 Å². The molecule has 0 spiro atoms. The van der Waals surface area contributed by atoms with Crippen LogP contribution < -0.4 is 11.1 Å². The summed E-state index contributed by atoms with van der Waals surface area (Å²) in [7, 11) is 0. The van der Waals surface area contributed by atoms with Crippen molar-refractivity contribution in [2.45, 2.75) is 44.6 Å². The van der Waals surface area contributed by atoms with Gasteiger partial charge in [-0.3, -0.25) is 4.79 Å².